The zero-order valence-corrected chi connectivity index (χ0v) is 31.0. The number of rotatable bonds is 9. The molecule has 14 heteroatoms. The summed E-state index contributed by atoms with van der Waals surface area (Å²) < 4.78 is 34.7. The Balaban J connectivity index is 1.17. The van der Waals surface area contributed by atoms with Crippen molar-refractivity contribution in [3.8, 4) is 10.4 Å². The van der Waals surface area contributed by atoms with Gasteiger partial charge in [0.25, 0.3) is 0 Å². The lowest BCUT2D eigenvalue weighted by Crippen LogP contribution is -2.60. The number of carboxylic acid groups (broad SMARTS) is 1. The Morgan fingerprint density at radius 2 is 1.73 bits per heavy atom. The van der Waals surface area contributed by atoms with Gasteiger partial charge in [-0.15, -0.1) is 11.3 Å². The van der Waals surface area contributed by atoms with Crippen molar-refractivity contribution in [3.05, 3.63) is 59.6 Å². The molecule has 2 saturated heterocycles. The van der Waals surface area contributed by atoms with Crippen molar-refractivity contribution in [2.75, 3.05) is 42.5 Å². The predicted molar refractivity (Wildman–Crippen MR) is 197 cm³/mol. The third-order valence-electron chi connectivity index (χ3n) is 9.95. The number of sulfonamides is 1. The summed E-state index contributed by atoms with van der Waals surface area (Å²) in [5.74, 6) is -0.553. The first-order valence-electron chi connectivity index (χ1n) is 17.7. The number of nitrogens with one attached hydrogen (secondary N) is 1. The Morgan fingerprint density at radius 1 is 1.02 bits per heavy atom. The molecule has 0 bridgehead atoms. The summed E-state index contributed by atoms with van der Waals surface area (Å²) >= 11 is 1.13. The first-order chi connectivity index (χ1) is 24.3. The van der Waals surface area contributed by atoms with Crippen molar-refractivity contribution >= 4 is 50.8 Å². The minimum Gasteiger partial charge on any atom is -0.477 e. The van der Waals surface area contributed by atoms with Gasteiger partial charge in [0.1, 0.15) is 21.2 Å². The van der Waals surface area contributed by atoms with Gasteiger partial charge in [-0.2, -0.15) is 4.31 Å². The summed E-state index contributed by atoms with van der Waals surface area (Å²) in [6.07, 6.45) is 7.32. The van der Waals surface area contributed by atoms with Gasteiger partial charge in [0.05, 0.1) is 18.3 Å². The summed E-state index contributed by atoms with van der Waals surface area (Å²) in [4.78, 5) is 47.7. The summed E-state index contributed by atoms with van der Waals surface area (Å²) in [6, 6.07) is 14.0. The molecule has 12 nitrogen and oxygen atoms in total. The van der Waals surface area contributed by atoms with Gasteiger partial charge in [-0.05, 0) is 82.1 Å². The second kappa shape index (κ2) is 15.3. The fraction of sp³-hybridized carbons (Fsp3) is 0.514. The molecule has 3 aliphatic rings. The lowest BCUT2D eigenvalue weighted by Gasteiger charge is -2.44. The van der Waals surface area contributed by atoms with Crippen LogP contribution in [0, 0.1) is 11.8 Å². The van der Waals surface area contributed by atoms with Crippen LogP contribution in [0.25, 0.3) is 10.4 Å². The van der Waals surface area contributed by atoms with Crippen LogP contribution >= 0.6 is 11.3 Å². The highest BCUT2D eigenvalue weighted by molar-refractivity contribution is 7.89. The monoisotopic (exact) mass is 737 g/mol. The number of aromatic nitrogens is 1. The molecule has 1 aliphatic carbocycles. The number of carboxylic acids is 1. The molecule has 4 heterocycles. The number of nitrogens with zero attached hydrogens (tertiary/aromatic N) is 4. The van der Waals surface area contributed by atoms with Gasteiger partial charge in [0.2, 0.25) is 15.9 Å². The van der Waals surface area contributed by atoms with Crippen LogP contribution in [0.1, 0.15) is 75.4 Å². The zero-order chi connectivity index (χ0) is 36.3. The molecule has 1 aromatic carbocycles. The molecule has 274 valence electrons. The molecule has 2 aromatic heterocycles. The number of piperazine rings is 1. The number of aromatic carboxylic acids is 1. The molecule has 2 N–H and O–H groups in total. The number of carbonyl (C=O) groups is 3. The van der Waals surface area contributed by atoms with Crippen molar-refractivity contribution in [3.63, 3.8) is 0 Å². The van der Waals surface area contributed by atoms with Crippen LogP contribution in [0.2, 0.25) is 0 Å². The summed E-state index contributed by atoms with van der Waals surface area (Å²) in [5, 5.41) is 13.1. The predicted octanol–water partition coefficient (Wildman–Crippen LogP) is 6.24. The number of piperidine rings is 1. The second-order valence-electron chi connectivity index (χ2n) is 14.7. The van der Waals surface area contributed by atoms with Crippen molar-refractivity contribution in [2.45, 2.75) is 82.3 Å². The highest BCUT2D eigenvalue weighted by Crippen LogP contribution is 2.42. The lowest BCUT2D eigenvalue weighted by atomic mass is 9.82. The highest BCUT2D eigenvalue weighted by atomic mass is 32.2. The maximum atomic E-state index is 14.1. The van der Waals surface area contributed by atoms with E-state index in [1.165, 1.54) is 10.5 Å². The first-order valence-corrected chi connectivity index (χ1v) is 20.0. The molecule has 0 radical (unpaired) electrons. The molecule has 1 atom stereocenters. The Kier molecular flexibility index (Phi) is 11.0. The average molecular weight is 738 g/mol. The van der Waals surface area contributed by atoms with E-state index in [4.69, 9.17) is 4.74 Å². The minimum atomic E-state index is -4.08. The summed E-state index contributed by atoms with van der Waals surface area (Å²) in [6.45, 7) is 7.11. The zero-order valence-electron chi connectivity index (χ0n) is 29.4. The number of hydrogen-bond acceptors (Lipinski definition) is 9. The Hall–Kier alpha value is -4.01. The van der Waals surface area contributed by atoms with E-state index in [0.29, 0.717) is 37.1 Å². The van der Waals surface area contributed by atoms with Gasteiger partial charge in [-0.1, -0.05) is 49.6 Å². The van der Waals surface area contributed by atoms with Crippen LogP contribution in [0.3, 0.4) is 0 Å². The van der Waals surface area contributed by atoms with Crippen LogP contribution < -0.4 is 15.1 Å². The molecule has 2 aliphatic heterocycles. The molecular formula is C37H47N5O7S2. The van der Waals surface area contributed by atoms with Gasteiger partial charge in [-0.25, -0.2) is 23.0 Å². The Bertz CT molecular complexity index is 1810. The fourth-order valence-electron chi connectivity index (χ4n) is 7.37. The van der Waals surface area contributed by atoms with Crippen LogP contribution in [0.15, 0.2) is 59.6 Å². The van der Waals surface area contributed by atoms with Crippen LogP contribution in [0.5, 0.6) is 0 Å². The van der Waals surface area contributed by atoms with Crippen molar-refractivity contribution in [1.82, 2.24) is 14.6 Å². The average Bonchev–Trinajstić information content (AvgIpc) is 3.56. The minimum absolute atomic E-state index is 0.0134. The standard InChI is InChI=1S/C37H47N5O7S2/c1-37(2,3)49-36(46)39-21-25-16-18-40(19-17-25)32-15-14-28(22-38-32)51(47,48)41-23-30(26-10-6-4-7-11-26)42(33(43)24-41)29-20-31(50-34(29)35(44)45)27-12-8-5-9-13-27/h5,8-9,12-15,20,22,25-26,30H,4,6-7,10-11,16-19,21,23-24H2,1-3H3,(H,39,46)(H,44,45). The van der Waals surface area contributed by atoms with E-state index in [1.807, 2.05) is 51.1 Å². The number of alkyl carbamates (subject to hydrolysis) is 1. The smallest absolute Gasteiger partial charge is 0.407 e. The van der Waals surface area contributed by atoms with Gasteiger partial charge >= 0.3 is 12.1 Å². The summed E-state index contributed by atoms with van der Waals surface area (Å²) in [5.41, 5.74) is 0.636. The van der Waals surface area contributed by atoms with Crippen LogP contribution in [-0.4, -0.2) is 85.1 Å². The van der Waals surface area contributed by atoms with E-state index in [-0.39, 0.29) is 22.2 Å². The van der Waals surface area contributed by atoms with Crippen LogP contribution in [-0.2, 0) is 19.6 Å². The number of anilines is 2. The lowest BCUT2D eigenvalue weighted by molar-refractivity contribution is -0.121. The molecule has 2 amide bonds. The number of ether oxygens (including phenoxy) is 1. The van der Waals surface area contributed by atoms with Crippen molar-refractivity contribution < 1.29 is 32.6 Å². The molecule has 3 fully saturated rings. The van der Waals surface area contributed by atoms with E-state index >= 15 is 0 Å². The van der Waals surface area contributed by atoms with Crippen LogP contribution in [0.4, 0.5) is 16.3 Å². The third-order valence-corrected chi connectivity index (χ3v) is 12.9. The number of thiophene rings is 1. The number of hydrogen-bond donors (Lipinski definition) is 2. The quantitative estimate of drug-likeness (QED) is 0.261. The topological polar surface area (TPSA) is 149 Å². The maximum Gasteiger partial charge on any atom is 0.407 e. The van der Waals surface area contributed by atoms with E-state index in [0.717, 1.165) is 66.7 Å². The SMILES string of the molecule is CC(C)(C)OC(=O)NCC1CCN(c2ccc(S(=O)(=O)N3CC(=O)N(c4cc(-c5ccccc5)sc4C(=O)O)C(C4CCCCC4)C3)cn2)CC1. The molecule has 0 spiro atoms. The van der Waals surface area contributed by atoms with Gasteiger partial charge < -0.3 is 25.0 Å². The molecule has 1 saturated carbocycles. The van der Waals surface area contributed by atoms with Gasteiger partial charge in [-0.3, -0.25) is 4.79 Å². The third kappa shape index (κ3) is 8.56. The van der Waals surface area contributed by atoms with E-state index in [2.05, 4.69) is 15.2 Å². The number of carbonyl (C=O) groups excluding carboxylic acids is 2. The number of amides is 2. The van der Waals surface area contributed by atoms with E-state index < -0.39 is 46.2 Å². The second-order valence-corrected chi connectivity index (χ2v) is 17.7. The summed E-state index contributed by atoms with van der Waals surface area (Å²) in [7, 11) is -4.08. The molecule has 3 aromatic rings. The normalized spacial score (nSPS) is 20.0. The van der Waals surface area contributed by atoms with E-state index in [1.54, 1.807) is 23.1 Å². The van der Waals surface area contributed by atoms with Gasteiger partial charge in [0, 0.05) is 37.3 Å². The number of benzene rings is 1. The Labute approximate surface area is 303 Å². The molecular weight excluding hydrogens is 691 g/mol. The molecule has 51 heavy (non-hydrogen) atoms. The number of pyridine rings is 1. The Morgan fingerprint density at radius 3 is 2.35 bits per heavy atom. The largest absolute Gasteiger partial charge is 0.477 e. The fourth-order valence-corrected chi connectivity index (χ4v) is 9.72. The van der Waals surface area contributed by atoms with Crippen molar-refractivity contribution in [1.29, 1.82) is 0 Å². The van der Waals surface area contributed by atoms with Crippen molar-refractivity contribution in [2.24, 2.45) is 11.8 Å². The molecule has 6 rings (SSSR count). The maximum absolute atomic E-state index is 14.1. The van der Waals surface area contributed by atoms with Gasteiger partial charge in [0.15, 0.2) is 0 Å². The molecule has 1 unspecified atom stereocenters. The highest BCUT2D eigenvalue weighted by Gasteiger charge is 2.44. The van der Waals surface area contributed by atoms with E-state index in [9.17, 15) is 27.9 Å². The first kappa shape index (κ1) is 36.8.